The highest BCUT2D eigenvalue weighted by molar-refractivity contribution is 6.30. The van der Waals surface area contributed by atoms with E-state index >= 15 is 0 Å². The van der Waals surface area contributed by atoms with Crippen molar-refractivity contribution in [2.45, 2.75) is 6.92 Å². The molecule has 1 heterocycles. The van der Waals surface area contributed by atoms with Crippen molar-refractivity contribution in [1.29, 1.82) is 0 Å². The summed E-state index contributed by atoms with van der Waals surface area (Å²) in [6.45, 7) is 1.88. The standard InChI is InChI=1S/C12H11ClFN3/c1-7-2-3-9(14)11(4-7)17-12-10(15)5-8(13)6-16-12/h2-6H,15H2,1H3,(H,16,17). The van der Waals surface area contributed by atoms with Crippen molar-refractivity contribution in [1.82, 2.24) is 4.98 Å². The summed E-state index contributed by atoms with van der Waals surface area (Å²) in [7, 11) is 0. The highest BCUT2D eigenvalue weighted by Gasteiger charge is 2.06. The molecule has 0 aliphatic heterocycles. The normalized spacial score (nSPS) is 10.3. The predicted octanol–water partition coefficient (Wildman–Crippen LogP) is 3.51. The van der Waals surface area contributed by atoms with Gasteiger partial charge in [0.1, 0.15) is 5.82 Å². The smallest absolute Gasteiger partial charge is 0.153 e. The van der Waals surface area contributed by atoms with Crippen LogP contribution in [0.4, 0.5) is 21.6 Å². The van der Waals surface area contributed by atoms with Gasteiger partial charge < -0.3 is 11.1 Å². The molecule has 1 aromatic heterocycles. The summed E-state index contributed by atoms with van der Waals surface area (Å²) in [5, 5.41) is 3.28. The van der Waals surface area contributed by atoms with E-state index in [0.29, 0.717) is 22.2 Å². The first-order valence-corrected chi connectivity index (χ1v) is 5.38. The first-order chi connectivity index (χ1) is 8.06. The maximum Gasteiger partial charge on any atom is 0.153 e. The molecular formula is C12H11ClFN3. The van der Waals surface area contributed by atoms with E-state index in [-0.39, 0.29) is 5.82 Å². The Morgan fingerprint density at radius 1 is 1.35 bits per heavy atom. The minimum absolute atomic E-state index is 0.339. The van der Waals surface area contributed by atoms with Crippen LogP contribution in [0.5, 0.6) is 0 Å². The van der Waals surface area contributed by atoms with Crippen molar-refractivity contribution >= 4 is 28.8 Å². The fraction of sp³-hybridized carbons (Fsp3) is 0.0833. The quantitative estimate of drug-likeness (QED) is 0.859. The van der Waals surface area contributed by atoms with E-state index in [1.807, 2.05) is 6.92 Å². The fourth-order valence-corrected chi connectivity index (χ4v) is 1.59. The number of halogens is 2. The molecule has 0 saturated heterocycles. The van der Waals surface area contributed by atoms with E-state index in [0.717, 1.165) is 5.56 Å². The Morgan fingerprint density at radius 3 is 2.82 bits per heavy atom. The molecule has 88 valence electrons. The zero-order valence-corrected chi connectivity index (χ0v) is 9.92. The molecule has 0 radical (unpaired) electrons. The average Bonchev–Trinajstić information content (AvgIpc) is 2.27. The molecule has 3 N–H and O–H groups in total. The Labute approximate surface area is 103 Å². The second kappa shape index (κ2) is 4.59. The molecule has 0 aliphatic carbocycles. The Bertz CT molecular complexity index is 557. The Morgan fingerprint density at radius 2 is 2.12 bits per heavy atom. The topological polar surface area (TPSA) is 50.9 Å². The number of pyridine rings is 1. The summed E-state index contributed by atoms with van der Waals surface area (Å²) < 4.78 is 13.5. The van der Waals surface area contributed by atoms with Crippen LogP contribution in [0.25, 0.3) is 0 Å². The summed E-state index contributed by atoms with van der Waals surface area (Å²) in [5.74, 6) is 0.0330. The number of nitrogens with one attached hydrogen (secondary N) is 1. The summed E-state index contributed by atoms with van der Waals surface area (Å²) in [5.41, 5.74) is 7.38. The molecule has 5 heteroatoms. The van der Waals surface area contributed by atoms with Gasteiger partial charge in [-0.1, -0.05) is 17.7 Å². The largest absolute Gasteiger partial charge is 0.396 e. The summed E-state index contributed by atoms with van der Waals surface area (Å²) in [4.78, 5) is 4.01. The second-order valence-electron chi connectivity index (χ2n) is 3.70. The lowest BCUT2D eigenvalue weighted by molar-refractivity contribution is 0.631. The predicted molar refractivity (Wildman–Crippen MR) is 68.1 cm³/mol. The van der Waals surface area contributed by atoms with Gasteiger partial charge in [0.25, 0.3) is 0 Å². The van der Waals surface area contributed by atoms with Gasteiger partial charge in [-0.05, 0) is 30.7 Å². The van der Waals surface area contributed by atoms with Gasteiger partial charge in [0.05, 0.1) is 16.4 Å². The number of aromatic nitrogens is 1. The van der Waals surface area contributed by atoms with Gasteiger partial charge in [-0.15, -0.1) is 0 Å². The van der Waals surface area contributed by atoms with Gasteiger partial charge in [-0.2, -0.15) is 0 Å². The molecule has 2 rings (SSSR count). The lowest BCUT2D eigenvalue weighted by atomic mass is 10.2. The van der Waals surface area contributed by atoms with Crippen LogP contribution in [-0.2, 0) is 0 Å². The molecule has 0 aliphatic rings. The molecule has 0 fully saturated rings. The first-order valence-electron chi connectivity index (χ1n) is 5.00. The van der Waals surface area contributed by atoms with E-state index in [1.54, 1.807) is 18.2 Å². The highest BCUT2D eigenvalue weighted by Crippen LogP contribution is 2.25. The first kappa shape index (κ1) is 11.7. The minimum Gasteiger partial charge on any atom is -0.396 e. The van der Waals surface area contributed by atoms with Gasteiger partial charge >= 0.3 is 0 Å². The van der Waals surface area contributed by atoms with Crippen molar-refractivity contribution in [2.24, 2.45) is 0 Å². The number of anilines is 3. The Kier molecular flexibility index (Phi) is 3.15. The van der Waals surface area contributed by atoms with Crippen LogP contribution in [0.3, 0.4) is 0 Å². The second-order valence-corrected chi connectivity index (χ2v) is 4.14. The zero-order chi connectivity index (χ0) is 12.4. The number of hydrogen-bond acceptors (Lipinski definition) is 3. The van der Waals surface area contributed by atoms with Crippen LogP contribution in [0.2, 0.25) is 5.02 Å². The van der Waals surface area contributed by atoms with Gasteiger partial charge in [-0.3, -0.25) is 0 Å². The van der Waals surface area contributed by atoms with Crippen molar-refractivity contribution in [3.8, 4) is 0 Å². The van der Waals surface area contributed by atoms with Crippen molar-refractivity contribution < 1.29 is 4.39 Å². The number of benzene rings is 1. The lowest BCUT2D eigenvalue weighted by Crippen LogP contribution is -2.00. The van der Waals surface area contributed by atoms with E-state index in [1.165, 1.54) is 12.3 Å². The van der Waals surface area contributed by atoms with Gasteiger partial charge in [0, 0.05) is 6.20 Å². The van der Waals surface area contributed by atoms with Crippen molar-refractivity contribution in [2.75, 3.05) is 11.1 Å². The van der Waals surface area contributed by atoms with Crippen LogP contribution in [-0.4, -0.2) is 4.98 Å². The molecule has 0 bridgehead atoms. The van der Waals surface area contributed by atoms with Crippen LogP contribution in [0, 0.1) is 12.7 Å². The van der Waals surface area contributed by atoms with E-state index in [9.17, 15) is 4.39 Å². The van der Waals surface area contributed by atoms with Crippen molar-refractivity contribution in [3.05, 3.63) is 46.9 Å². The third-order valence-electron chi connectivity index (χ3n) is 2.26. The number of hydrogen-bond donors (Lipinski definition) is 2. The summed E-state index contributed by atoms with van der Waals surface area (Å²) in [6.07, 6.45) is 1.45. The molecule has 2 aromatic rings. The molecule has 0 unspecified atom stereocenters. The molecule has 3 nitrogen and oxygen atoms in total. The fourth-order valence-electron chi connectivity index (χ4n) is 1.42. The molecule has 1 aromatic carbocycles. The number of nitrogen functional groups attached to an aromatic ring is 1. The Balaban J connectivity index is 2.34. The average molecular weight is 252 g/mol. The third kappa shape index (κ3) is 2.65. The highest BCUT2D eigenvalue weighted by atomic mass is 35.5. The summed E-state index contributed by atoms with van der Waals surface area (Å²) >= 11 is 5.73. The minimum atomic E-state index is -0.355. The molecule has 0 amide bonds. The molecule has 17 heavy (non-hydrogen) atoms. The summed E-state index contributed by atoms with van der Waals surface area (Å²) in [6, 6.07) is 6.33. The number of nitrogens with two attached hydrogens (primary N) is 1. The van der Waals surface area contributed by atoms with E-state index in [4.69, 9.17) is 17.3 Å². The van der Waals surface area contributed by atoms with Crippen LogP contribution in [0.1, 0.15) is 5.56 Å². The third-order valence-corrected chi connectivity index (χ3v) is 2.47. The van der Waals surface area contributed by atoms with E-state index < -0.39 is 0 Å². The maximum absolute atomic E-state index is 13.5. The number of rotatable bonds is 2. The van der Waals surface area contributed by atoms with Crippen LogP contribution >= 0.6 is 11.6 Å². The van der Waals surface area contributed by atoms with Crippen molar-refractivity contribution in [3.63, 3.8) is 0 Å². The number of nitrogens with zero attached hydrogens (tertiary/aromatic N) is 1. The maximum atomic E-state index is 13.5. The van der Waals surface area contributed by atoms with Gasteiger partial charge in [-0.25, -0.2) is 9.37 Å². The lowest BCUT2D eigenvalue weighted by Gasteiger charge is -2.09. The number of aryl methyl sites for hydroxylation is 1. The van der Waals surface area contributed by atoms with Gasteiger partial charge in [0.2, 0.25) is 0 Å². The van der Waals surface area contributed by atoms with Gasteiger partial charge in [0.15, 0.2) is 5.82 Å². The Hall–Kier alpha value is -1.81. The monoisotopic (exact) mass is 251 g/mol. The van der Waals surface area contributed by atoms with Crippen LogP contribution in [0.15, 0.2) is 30.5 Å². The molecular weight excluding hydrogens is 241 g/mol. The SMILES string of the molecule is Cc1ccc(F)c(Nc2ncc(Cl)cc2N)c1. The molecule has 0 saturated carbocycles. The van der Waals surface area contributed by atoms with Crippen LogP contribution < -0.4 is 11.1 Å². The molecule has 0 atom stereocenters. The zero-order valence-electron chi connectivity index (χ0n) is 9.17. The molecule has 0 spiro atoms. The van der Waals surface area contributed by atoms with E-state index in [2.05, 4.69) is 10.3 Å².